The van der Waals surface area contributed by atoms with Crippen molar-refractivity contribution in [2.24, 2.45) is 0 Å². The lowest BCUT2D eigenvalue weighted by molar-refractivity contribution is -0.0368. The predicted octanol–water partition coefficient (Wildman–Crippen LogP) is 4.09. The Morgan fingerprint density at radius 1 is 0.857 bits per heavy atom. The van der Waals surface area contributed by atoms with E-state index in [2.05, 4.69) is 0 Å². The van der Waals surface area contributed by atoms with Gasteiger partial charge in [-0.2, -0.15) is 30.0 Å². The molecule has 0 aliphatic rings. The van der Waals surface area contributed by atoms with Gasteiger partial charge in [0.1, 0.15) is 0 Å². The first-order chi connectivity index (χ1) is 6.01. The topological polar surface area (TPSA) is 3.24 Å². The summed E-state index contributed by atoms with van der Waals surface area (Å²) in [5.74, 6) is 0. The Hall–Kier alpha value is 0.885. The van der Waals surface area contributed by atoms with Gasteiger partial charge in [-0.15, -0.1) is 22.9 Å². The lowest BCUT2D eigenvalue weighted by Gasteiger charge is -2.20. The van der Waals surface area contributed by atoms with Crippen molar-refractivity contribution in [3.8, 4) is 0 Å². The van der Waals surface area contributed by atoms with E-state index in [0.29, 0.717) is 0 Å². The minimum atomic E-state index is -4.87. The van der Waals surface area contributed by atoms with Gasteiger partial charge in [-0.1, -0.05) is 0 Å². The molecule has 0 atom stereocenters. The first-order valence-corrected chi connectivity index (χ1v) is 5.02. The molecule has 0 aliphatic heterocycles. The Morgan fingerprint density at radius 2 is 1.14 bits per heavy atom. The van der Waals surface area contributed by atoms with E-state index in [1.54, 1.807) is 0 Å². The molecule has 84 valence electrons. The van der Waals surface area contributed by atoms with Crippen LogP contribution >= 0.6 is 46.8 Å². The Labute approximate surface area is 93.7 Å². The van der Waals surface area contributed by atoms with E-state index in [-0.39, 0.29) is 3.62 Å². The minimum Gasteiger partial charge on any atom is -0.187 e. The van der Waals surface area contributed by atoms with Crippen molar-refractivity contribution in [2.45, 2.75) is 11.0 Å². The Kier molecular flexibility index (Phi) is 5.62. The van der Waals surface area contributed by atoms with E-state index in [4.69, 9.17) is 22.9 Å². The average molecular weight is 298 g/mol. The number of nitrogens with zero attached hydrogens (tertiary/aromatic N) is 1. The highest BCUT2D eigenvalue weighted by Gasteiger charge is 2.43. The van der Waals surface area contributed by atoms with Crippen molar-refractivity contribution in [3.63, 3.8) is 0 Å². The number of rotatable bonds is 3. The zero-order valence-electron chi connectivity index (χ0n) is 5.86. The van der Waals surface area contributed by atoms with E-state index in [0.717, 1.165) is 0 Å². The van der Waals surface area contributed by atoms with Crippen molar-refractivity contribution in [1.82, 2.24) is 3.62 Å². The van der Waals surface area contributed by atoms with Crippen LogP contribution in [0, 0.1) is 0 Å². The Morgan fingerprint density at radius 3 is 1.29 bits per heavy atom. The first-order valence-electron chi connectivity index (χ1n) is 2.60. The lowest BCUT2D eigenvalue weighted by atomic mass is 10.4. The second-order valence-corrected chi connectivity index (χ2v) is 5.00. The quantitative estimate of drug-likeness (QED) is 0.439. The van der Waals surface area contributed by atoms with E-state index < -0.39 is 40.6 Å². The number of hydrogen-bond donors (Lipinski definition) is 0. The van der Waals surface area contributed by atoms with Crippen molar-refractivity contribution >= 4 is 52.5 Å². The van der Waals surface area contributed by atoms with Gasteiger partial charge >= 0.3 is 16.7 Å². The lowest BCUT2D eigenvalue weighted by Crippen LogP contribution is -2.25. The predicted molar refractivity (Wildman–Crippen MR) is 46.6 cm³/mol. The highest BCUT2D eigenvalue weighted by atomic mass is 35.5. The summed E-state index contributed by atoms with van der Waals surface area (Å²) in [6.45, 7) is 0. The summed E-state index contributed by atoms with van der Waals surface area (Å²) in [5.41, 5.74) is -11.7. The van der Waals surface area contributed by atoms with Gasteiger partial charge in [0, 0.05) is 23.9 Å². The third-order valence-corrected chi connectivity index (χ3v) is 3.04. The van der Waals surface area contributed by atoms with Gasteiger partial charge in [0.2, 0.25) is 0 Å². The van der Waals surface area contributed by atoms with Gasteiger partial charge in [-0.05, 0) is 0 Å². The molecule has 0 unspecified atom stereocenters. The summed E-state index contributed by atoms with van der Waals surface area (Å²) < 4.78 is 69.7. The summed E-state index contributed by atoms with van der Waals surface area (Å²) in [4.78, 5) is 0. The fourth-order valence-corrected chi connectivity index (χ4v) is 2.00. The van der Waals surface area contributed by atoms with Crippen LogP contribution in [0.4, 0.5) is 26.3 Å². The van der Waals surface area contributed by atoms with Crippen molar-refractivity contribution < 1.29 is 26.3 Å². The van der Waals surface area contributed by atoms with Crippen LogP contribution in [0.25, 0.3) is 0 Å². The van der Waals surface area contributed by atoms with Crippen LogP contribution < -0.4 is 0 Å². The van der Waals surface area contributed by atoms with Crippen molar-refractivity contribution in [1.29, 1.82) is 0 Å². The number of hydrogen-bond acceptors (Lipinski definition) is 3. The molecule has 0 spiro atoms. The Balaban J connectivity index is 4.32. The molecule has 0 aromatic rings. The van der Waals surface area contributed by atoms with Gasteiger partial charge in [0.15, 0.2) is 0 Å². The zero-order valence-corrected chi connectivity index (χ0v) is 9.01. The molecule has 0 aromatic carbocycles. The summed E-state index contributed by atoms with van der Waals surface area (Å²) >= 11 is 7.71. The normalized spacial score (nSPS) is 13.5. The molecular weight excluding hydrogens is 298 g/mol. The Bertz CT molecular complexity index is 168. The third kappa shape index (κ3) is 8.21. The van der Waals surface area contributed by atoms with Gasteiger partial charge in [-0.3, -0.25) is 0 Å². The standard InChI is InChI=1S/C2BCl2F6NS2/c4-3(5)12(13-1(6,7)8)14-2(9,10)11. The average Bonchev–Trinajstić information content (AvgIpc) is 1.78. The van der Waals surface area contributed by atoms with Crippen LogP contribution in [0.2, 0.25) is 0 Å². The van der Waals surface area contributed by atoms with E-state index in [9.17, 15) is 26.3 Å². The zero-order chi connectivity index (χ0) is 11.6. The molecule has 14 heavy (non-hydrogen) atoms. The maximum atomic E-state index is 11.7. The number of halogens is 8. The molecule has 12 heteroatoms. The van der Waals surface area contributed by atoms with Crippen LogP contribution in [-0.2, 0) is 0 Å². The second kappa shape index (κ2) is 5.28. The SMILES string of the molecule is FC(F)(F)SN(SC(F)(F)F)B(Cl)Cl. The van der Waals surface area contributed by atoms with Crippen LogP contribution in [0.3, 0.4) is 0 Å². The van der Waals surface area contributed by atoms with Gasteiger partial charge in [0.05, 0.1) is 0 Å². The molecular formula is C2BCl2F6NS2. The molecule has 0 bridgehead atoms. The van der Waals surface area contributed by atoms with Crippen LogP contribution in [0.15, 0.2) is 0 Å². The van der Waals surface area contributed by atoms with Gasteiger partial charge < -0.3 is 0 Å². The molecule has 0 aliphatic carbocycles. The van der Waals surface area contributed by atoms with Crippen LogP contribution in [0.1, 0.15) is 0 Å². The number of alkyl halides is 6. The first kappa shape index (κ1) is 14.9. The summed E-state index contributed by atoms with van der Waals surface area (Å²) in [7, 11) is 0. The fourth-order valence-electron chi connectivity index (χ4n) is 0.302. The fraction of sp³-hybridized carbons (Fsp3) is 1.00. The highest BCUT2D eigenvalue weighted by molar-refractivity contribution is 8.15. The second-order valence-electron chi connectivity index (χ2n) is 1.64. The molecule has 0 fully saturated rings. The molecule has 0 radical (unpaired) electrons. The largest absolute Gasteiger partial charge is 0.456 e. The third-order valence-electron chi connectivity index (χ3n) is 0.546. The van der Waals surface area contributed by atoms with Crippen molar-refractivity contribution in [3.05, 3.63) is 0 Å². The van der Waals surface area contributed by atoms with Crippen LogP contribution in [0.5, 0.6) is 0 Å². The molecule has 1 nitrogen and oxygen atoms in total. The summed E-state index contributed by atoms with van der Waals surface area (Å²) in [6, 6.07) is 0. The van der Waals surface area contributed by atoms with Crippen LogP contribution in [-0.4, -0.2) is 20.3 Å². The molecule has 0 amide bonds. The highest BCUT2D eigenvalue weighted by Crippen LogP contribution is 2.45. The van der Waals surface area contributed by atoms with Gasteiger partial charge in [-0.25, -0.2) is 0 Å². The molecule has 0 saturated carbocycles. The maximum absolute atomic E-state index is 11.7. The smallest absolute Gasteiger partial charge is 0.187 e. The van der Waals surface area contributed by atoms with E-state index in [1.165, 1.54) is 0 Å². The maximum Gasteiger partial charge on any atom is 0.456 e. The van der Waals surface area contributed by atoms with Gasteiger partial charge in [0.25, 0.3) is 0 Å². The minimum absolute atomic E-state index is 0.302. The molecule has 0 saturated heterocycles. The molecule has 0 N–H and O–H groups in total. The monoisotopic (exact) mass is 297 g/mol. The summed E-state index contributed by atoms with van der Waals surface area (Å²) in [6.07, 6.45) is 0. The summed E-state index contributed by atoms with van der Waals surface area (Å²) in [5, 5.41) is 0. The molecule has 0 aromatic heterocycles. The molecule has 0 rings (SSSR count). The molecule has 0 heterocycles. The van der Waals surface area contributed by atoms with Crippen molar-refractivity contribution in [2.75, 3.05) is 0 Å². The van der Waals surface area contributed by atoms with E-state index >= 15 is 0 Å². The van der Waals surface area contributed by atoms with E-state index in [1.807, 2.05) is 0 Å².